The van der Waals surface area contributed by atoms with E-state index in [0.717, 1.165) is 23.8 Å². The highest BCUT2D eigenvalue weighted by Crippen LogP contribution is 2.14. The zero-order valence-corrected chi connectivity index (χ0v) is 13.9. The number of hydrogen-bond donors (Lipinski definition) is 3. The molecule has 0 radical (unpaired) electrons. The van der Waals surface area contributed by atoms with Crippen LogP contribution < -0.4 is 11.2 Å². The van der Waals surface area contributed by atoms with Crippen molar-refractivity contribution in [2.45, 2.75) is 25.2 Å². The number of carbonyl (C=O) groups is 1. The van der Waals surface area contributed by atoms with Crippen molar-refractivity contribution in [1.82, 2.24) is 5.48 Å². The van der Waals surface area contributed by atoms with Gasteiger partial charge in [-0.1, -0.05) is 30.3 Å². The van der Waals surface area contributed by atoms with E-state index < -0.39 is 29.9 Å². The summed E-state index contributed by atoms with van der Waals surface area (Å²) in [5.41, 5.74) is 8.71. The molecule has 4 N–H and O–H groups in total. The Morgan fingerprint density at radius 3 is 2.38 bits per heavy atom. The third-order valence-corrected chi connectivity index (χ3v) is 3.53. The maximum absolute atomic E-state index is 13.3. The van der Waals surface area contributed by atoms with Crippen LogP contribution in [0.4, 0.5) is 13.6 Å². The van der Waals surface area contributed by atoms with Gasteiger partial charge in [0.25, 0.3) is 0 Å². The molecule has 0 aliphatic carbocycles. The van der Waals surface area contributed by atoms with Crippen LogP contribution in [0.2, 0.25) is 0 Å². The van der Waals surface area contributed by atoms with Gasteiger partial charge in [-0.2, -0.15) is 5.48 Å². The van der Waals surface area contributed by atoms with E-state index in [9.17, 15) is 18.7 Å². The number of hydroxylamine groups is 1. The fourth-order valence-corrected chi connectivity index (χ4v) is 2.35. The number of aliphatic hydroxyl groups is 1. The molecule has 2 aromatic carbocycles. The fraction of sp³-hybridized carbons (Fsp3) is 0.278. The number of rotatable bonds is 9. The number of nitrogens with two attached hydrogens (primary N) is 1. The van der Waals surface area contributed by atoms with Gasteiger partial charge in [-0.25, -0.2) is 13.6 Å². The van der Waals surface area contributed by atoms with Crippen LogP contribution in [0.3, 0.4) is 0 Å². The molecule has 0 spiro atoms. The van der Waals surface area contributed by atoms with Gasteiger partial charge in [-0.15, -0.1) is 0 Å². The number of halogens is 2. The molecule has 1 amide bonds. The maximum Gasteiger partial charge on any atom is 0.404 e. The van der Waals surface area contributed by atoms with Crippen LogP contribution in [0, 0.1) is 11.6 Å². The second kappa shape index (κ2) is 9.81. The van der Waals surface area contributed by atoms with Crippen LogP contribution in [-0.4, -0.2) is 30.0 Å². The highest BCUT2D eigenvalue weighted by Gasteiger charge is 2.23. The molecule has 0 aromatic heterocycles. The Morgan fingerprint density at radius 2 is 1.77 bits per heavy atom. The second-order valence-electron chi connectivity index (χ2n) is 5.65. The summed E-state index contributed by atoms with van der Waals surface area (Å²) in [4.78, 5) is 16.3. The van der Waals surface area contributed by atoms with E-state index in [1.54, 1.807) is 0 Å². The summed E-state index contributed by atoms with van der Waals surface area (Å²) < 4.78 is 31.4. The fourth-order valence-electron chi connectivity index (χ4n) is 2.35. The van der Waals surface area contributed by atoms with E-state index in [-0.39, 0.29) is 25.1 Å². The third kappa shape index (κ3) is 6.75. The zero-order valence-electron chi connectivity index (χ0n) is 13.9. The van der Waals surface area contributed by atoms with Crippen molar-refractivity contribution < 1.29 is 28.3 Å². The smallest absolute Gasteiger partial charge is 0.404 e. The normalized spacial score (nSPS) is 13.2. The van der Waals surface area contributed by atoms with Gasteiger partial charge in [0.05, 0.1) is 13.2 Å². The summed E-state index contributed by atoms with van der Waals surface area (Å²) in [6.45, 7) is 0.187. The highest BCUT2D eigenvalue weighted by molar-refractivity contribution is 5.64. The van der Waals surface area contributed by atoms with Gasteiger partial charge in [-0.05, 0) is 23.3 Å². The number of nitrogens with one attached hydrogen (secondary N) is 1. The Morgan fingerprint density at radius 1 is 1.12 bits per heavy atom. The molecule has 0 unspecified atom stereocenters. The number of primary amides is 1. The van der Waals surface area contributed by atoms with Crippen molar-refractivity contribution in [2.75, 3.05) is 6.54 Å². The van der Waals surface area contributed by atoms with Crippen molar-refractivity contribution >= 4 is 6.09 Å². The quantitative estimate of drug-likeness (QED) is 0.467. The van der Waals surface area contributed by atoms with Gasteiger partial charge in [0.1, 0.15) is 23.8 Å². The molecule has 0 fully saturated rings. The van der Waals surface area contributed by atoms with Gasteiger partial charge in [0, 0.05) is 12.5 Å². The summed E-state index contributed by atoms with van der Waals surface area (Å²) in [7, 11) is 0. The van der Waals surface area contributed by atoms with Crippen molar-refractivity contribution in [2.24, 2.45) is 5.73 Å². The van der Waals surface area contributed by atoms with Crippen LogP contribution in [0.15, 0.2) is 48.5 Å². The number of ether oxygens (including phenoxy) is 1. The van der Waals surface area contributed by atoms with Crippen LogP contribution in [0.1, 0.15) is 11.1 Å². The molecule has 0 aliphatic rings. The van der Waals surface area contributed by atoms with Gasteiger partial charge < -0.3 is 15.6 Å². The summed E-state index contributed by atoms with van der Waals surface area (Å²) in [6.07, 6.45) is -3.51. The van der Waals surface area contributed by atoms with Crippen molar-refractivity contribution in [1.29, 1.82) is 0 Å². The molecule has 2 aromatic rings. The van der Waals surface area contributed by atoms with Gasteiger partial charge in [0.15, 0.2) is 0 Å². The van der Waals surface area contributed by atoms with E-state index in [2.05, 4.69) is 5.48 Å². The molecule has 0 bridgehead atoms. The second-order valence-corrected chi connectivity index (χ2v) is 5.65. The molecule has 140 valence electrons. The van der Waals surface area contributed by atoms with E-state index in [0.29, 0.717) is 0 Å². The molecule has 6 nitrogen and oxygen atoms in total. The van der Waals surface area contributed by atoms with E-state index in [1.807, 2.05) is 30.3 Å². The minimum Gasteiger partial charge on any atom is -0.443 e. The lowest BCUT2D eigenvalue weighted by atomic mass is 10.0. The first-order valence-electron chi connectivity index (χ1n) is 7.91. The standard InChI is InChI=1S/C18H20F2N2O4/c19-14-6-13(7-15(20)9-14)8-17(26-18(21)24)16(23)10-22-25-11-12-4-2-1-3-5-12/h1-7,9,16-17,22-23H,8,10-11H2,(H2,21,24)/t16-,17-/m0/s1. The third-order valence-electron chi connectivity index (χ3n) is 3.53. The van der Waals surface area contributed by atoms with Gasteiger partial charge >= 0.3 is 6.09 Å². The number of amides is 1. The number of benzene rings is 2. The van der Waals surface area contributed by atoms with Crippen LogP contribution in [-0.2, 0) is 22.6 Å². The Kier molecular flexibility index (Phi) is 7.46. The minimum absolute atomic E-state index is 0.0808. The average Bonchev–Trinajstić information content (AvgIpc) is 2.57. The monoisotopic (exact) mass is 366 g/mol. The first-order valence-corrected chi connectivity index (χ1v) is 7.91. The summed E-state index contributed by atoms with van der Waals surface area (Å²) in [5.74, 6) is -1.53. The molecular weight excluding hydrogens is 346 g/mol. The Hall–Kier alpha value is -2.55. The summed E-state index contributed by atoms with van der Waals surface area (Å²) in [5, 5.41) is 10.2. The lowest BCUT2D eigenvalue weighted by Crippen LogP contribution is -2.41. The minimum atomic E-state index is -1.20. The lowest BCUT2D eigenvalue weighted by Gasteiger charge is -2.22. The Labute approximate surface area is 149 Å². The zero-order chi connectivity index (χ0) is 18.9. The van der Waals surface area contributed by atoms with E-state index in [1.165, 1.54) is 0 Å². The number of aliphatic hydroxyl groups excluding tert-OH is 1. The summed E-state index contributed by atoms with van der Waals surface area (Å²) in [6, 6.07) is 12.2. The van der Waals surface area contributed by atoms with Gasteiger partial charge in [0.2, 0.25) is 0 Å². The molecular formula is C18H20F2N2O4. The van der Waals surface area contributed by atoms with Crippen LogP contribution in [0.25, 0.3) is 0 Å². The lowest BCUT2D eigenvalue weighted by molar-refractivity contribution is -0.0377. The summed E-state index contributed by atoms with van der Waals surface area (Å²) >= 11 is 0. The van der Waals surface area contributed by atoms with Crippen molar-refractivity contribution in [3.63, 3.8) is 0 Å². The highest BCUT2D eigenvalue weighted by atomic mass is 19.1. The van der Waals surface area contributed by atoms with E-state index in [4.69, 9.17) is 15.3 Å². The average molecular weight is 366 g/mol. The molecule has 8 heteroatoms. The molecule has 2 atom stereocenters. The van der Waals surface area contributed by atoms with E-state index >= 15 is 0 Å². The van der Waals surface area contributed by atoms with Crippen molar-refractivity contribution in [3.05, 3.63) is 71.3 Å². The maximum atomic E-state index is 13.3. The topological polar surface area (TPSA) is 93.8 Å². The SMILES string of the molecule is NC(=O)O[C@@H](Cc1cc(F)cc(F)c1)[C@@H](O)CNOCc1ccccc1. The predicted octanol–water partition coefficient (Wildman–Crippen LogP) is 2.05. The molecule has 0 saturated carbocycles. The predicted molar refractivity (Wildman–Crippen MR) is 89.8 cm³/mol. The Balaban J connectivity index is 1.89. The first kappa shape index (κ1) is 19.8. The Bertz CT molecular complexity index is 695. The molecule has 26 heavy (non-hydrogen) atoms. The van der Waals surface area contributed by atoms with Crippen LogP contribution >= 0.6 is 0 Å². The molecule has 0 saturated heterocycles. The van der Waals surface area contributed by atoms with Crippen LogP contribution in [0.5, 0.6) is 0 Å². The largest absolute Gasteiger partial charge is 0.443 e. The van der Waals surface area contributed by atoms with Gasteiger partial charge in [-0.3, -0.25) is 4.84 Å². The molecule has 2 rings (SSSR count). The number of hydrogen-bond acceptors (Lipinski definition) is 5. The van der Waals surface area contributed by atoms with Crippen molar-refractivity contribution in [3.8, 4) is 0 Å². The number of carbonyl (C=O) groups excluding carboxylic acids is 1. The molecule has 0 aliphatic heterocycles. The first-order chi connectivity index (χ1) is 12.4. The molecule has 0 heterocycles.